The average molecular weight is 563 g/mol. The first-order valence-corrected chi connectivity index (χ1v) is 10.6. The minimum Gasteiger partial charge on any atom is -0.357 e. The summed E-state index contributed by atoms with van der Waals surface area (Å²) in [6, 6.07) is 3.32. The molecule has 0 aliphatic heterocycles. The Morgan fingerprint density at radius 3 is 2.46 bits per heavy atom. The molecule has 0 radical (unpaired) electrons. The summed E-state index contributed by atoms with van der Waals surface area (Å²) in [6.07, 6.45) is 3.24. The Bertz CT molecular complexity index is 910. The Balaban J connectivity index is 0.00000392. The second kappa shape index (κ2) is 11.3. The lowest BCUT2D eigenvalue weighted by Gasteiger charge is -2.12. The largest absolute Gasteiger partial charge is 0.357 e. The minimum absolute atomic E-state index is 0. The van der Waals surface area contributed by atoms with Gasteiger partial charge in [0.2, 0.25) is 10.0 Å². The van der Waals surface area contributed by atoms with Crippen molar-refractivity contribution in [2.24, 2.45) is 19.1 Å². The lowest BCUT2D eigenvalue weighted by molar-refractivity contribution is 0.580. The maximum atomic E-state index is 12.2. The highest BCUT2D eigenvalue weighted by molar-refractivity contribution is 14.0. The van der Waals surface area contributed by atoms with Gasteiger partial charge in [0.15, 0.2) is 5.96 Å². The van der Waals surface area contributed by atoms with E-state index in [1.54, 1.807) is 40.7 Å². The van der Waals surface area contributed by atoms with Gasteiger partial charge in [-0.2, -0.15) is 0 Å². The summed E-state index contributed by atoms with van der Waals surface area (Å²) in [5.74, 6) is 0.574. The van der Waals surface area contributed by atoms with E-state index in [4.69, 9.17) is 23.2 Å². The van der Waals surface area contributed by atoms with Crippen LogP contribution >= 0.6 is 47.2 Å². The SMILES string of the molecule is CCNC(=NCc1cc(Cl)c(Cl)n1C)NCCNS(=O)(=O)c1ccn(C)c1.I. The van der Waals surface area contributed by atoms with E-state index in [1.165, 1.54) is 0 Å². The van der Waals surface area contributed by atoms with Gasteiger partial charge in [0.1, 0.15) is 5.15 Å². The fourth-order valence-corrected chi connectivity index (χ4v) is 3.83. The maximum absolute atomic E-state index is 12.2. The van der Waals surface area contributed by atoms with Crippen LogP contribution in [0.2, 0.25) is 10.2 Å². The predicted octanol–water partition coefficient (Wildman–Crippen LogP) is 2.32. The van der Waals surface area contributed by atoms with Crippen molar-refractivity contribution in [2.75, 3.05) is 19.6 Å². The number of hydrogen-bond donors (Lipinski definition) is 3. The molecule has 8 nitrogen and oxygen atoms in total. The van der Waals surface area contributed by atoms with Crippen molar-refractivity contribution in [2.45, 2.75) is 18.4 Å². The second-order valence-electron chi connectivity index (χ2n) is 5.87. The van der Waals surface area contributed by atoms with Gasteiger partial charge < -0.3 is 19.8 Å². The van der Waals surface area contributed by atoms with Crippen molar-refractivity contribution in [3.8, 4) is 0 Å². The third kappa shape index (κ3) is 6.83. The maximum Gasteiger partial charge on any atom is 0.242 e. The summed E-state index contributed by atoms with van der Waals surface area (Å²) in [6.45, 7) is 3.62. The Kier molecular flexibility index (Phi) is 10.1. The van der Waals surface area contributed by atoms with Gasteiger partial charge in [-0.1, -0.05) is 23.2 Å². The minimum atomic E-state index is -3.52. The molecule has 0 bridgehead atoms. The van der Waals surface area contributed by atoms with Gasteiger partial charge in [0, 0.05) is 51.8 Å². The predicted molar refractivity (Wildman–Crippen MR) is 124 cm³/mol. The molecule has 0 saturated carbocycles. The monoisotopic (exact) mass is 562 g/mol. The Morgan fingerprint density at radius 1 is 1.21 bits per heavy atom. The molecule has 0 aliphatic carbocycles. The fourth-order valence-electron chi connectivity index (χ4n) is 2.33. The Labute approximate surface area is 192 Å². The van der Waals surface area contributed by atoms with Crippen LogP contribution in [0, 0.1) is 0 Å². The highest BCUT2D eigenvalue weighted by atomic mass is 127. The van der Waals surface area contributed by atoms with Crippen LogP contribution in [0.15, 0.2) is 34.4 Å². The van der Waals surface area contributed by atoms with E-state index >= 15 is 0 Å². The van der Waals surface area contributed by atoms with Crippen LogP contribution in [0.3, 0.4) is 0 Å². The van der Waals surface area contributed by atoms with Crippen molar-refractivity contribution in [3.63, 3.8) is 0 Å². The van der Waals surface area contributed by atoms with Gasteiger partial charge in [0.05, 0.1) is 16.5 Å². The topological polar surface area (TPSA) is 92.5 Å². The molecular weight excluding hydrogens is 538 g/mol. The summed E-state index contributed by atoms with van der Waals surface area (Å²) in [5, 5.41) is 7.15. The van der Waals surface area contributed by atoms with Crippen LogP contribution in [0.4, 0.5) is 0 Å². The van der Waals surface area contributed by atoms with Crippen LogP contribution in [-0.4, -0.2) is 43.1 Å². The van der Waals surface area contributed by atoms with Crippen LogP contribution in [0.1, 0.15) is 12.6 Å². The Morgan fingerprint density at radius 2 is 1.93 bits per heavy atom. The van der Waals surface area contributed by atoms with E-state index in [2.05, 4.69) is 20.3 Å². The van der Waals surface area contributed by atoms with Crippen molar-refractivity contribution in [3.05, 3.63) is 40.4 Å². The number of aromatic nitrogens is 2. The average Bonchev–Trinajstić information content (AvgIpc) is 3.16. The molecule has 2 aromatic heterocycles. The summed E-state index contributed by atoms with van der Waals surface area (Å²) in [4.78, 5) is 4.71. The van der Waals surface area contributed by atoms with E-state index in [0.717, 1.165) is 5.69 Å². The zero-order valence-electron chi connectivity index (χ0n) is 15.9. The molecule has 0 saturated heterocycles. The second-order valence-corrected chi connectivity index (χ2v) is 8.40. The first-order valence-electron chi connectivity index (χ1n) is 8.38. The molecule has 28 heavy (non-hydrogen) atoms. The van der Waals surface area contributed by atoms with Gasteiger partial charge in [-0.15, -0.1) is 24.0 Å². The summed E-state index contributed by atoms with van der Waals surface area (Å²) in [5.41, 5.74) is 0.868. The molecule has 0 aromatic carbocycles. The molecule has 0 amide bonds. The molecule has 2 aromatic rings. The number of aryl methyl sites for hydroxylation is 1. The van der Waals surface area contributed by atoms with Crippen LogP contribution < -0.4 is 15.4 Å². The molecule has 0 atom stereocenters. The molecule has 0 spiro atoms. The number of sulfonamides is 1. The number of nitrogens with zero attached hydrogens (tertiary/aromatic N) is 3. The van der Waals surface area contributed by atoms with Crippen molar-refractivity contribution < 1.29 is 8.42 Å². The third-order valence-electron chi connectivity index (χ3n) is 3.78. The van der Waals surface area contributed by atoms with Crippen molar-refractivity contribution >= 4 is 63.2 Å². The van der Waals surface area contributed by atoms with Crippen LogP contribution in [-0.2, 0) is 30.7 Å². The van der Waals surface area contributed by atoms with Crippen LogP contribution in [0.25, 0.3) is 0 Å². The van der Waals surface area contributed by atoms with E-state index in [9.17, 15) is 8.42 Å². The van der Waals surface area contributed by atoms with Gasteiger partial charge >= 0.3 is 0 Å². The Hall–Kier alpha value is -0.950. The first-order chi connectivity index (χ1) is 12.7. The zero-order valence-corrected chi connectivity index (χ0v) is 20.5. The number of rotatable bonds is 8. The lowest BCUT2D eigenvalue weighted by atomic mass is 10.4. The highest BCUT2D eigenvalue weighted by Gasteiger charge is 2.14. The number of guanidine groups is 1. The number of aliphatic imine (C=N–C) groups is 1. The molecule has 0 aliphatic rings. The molecule has 158 valence electrons. The first kappa shape index (κ1) is 25.1. The smallest absolute Gasteiger partial charge is 0.242 e. The molecular formula is C16H25Cl2IN6O2S. The van der Waals surface area contributed by atoms with Gasteiger partial charge in [-0.25, -0.2) is 18.1 Å². The quantitative estimate of drug-likeness (QED) is 0.199. The fraction of sp³-hybridized carbons (Fsp3) is 0.438. The molecule has 2 heterocycles. The number of hydrogen-bond acceptors (Lipinski definition) is 3. The summed E-state index contributed by atoms with van der Waals surface area (Å²) >= 11 is 12.1. The van der Waals surface area contributed by atoms with E-state index in [1.807, 2.05) is 14.0 Å². The zero-order chi connectivity index (χ0) is 20.0. The van der Waals surface area contributed by atoms with Crippen LogP contribution in [0.5, 0.6) is 0 Å². The molecule has 2 rings (SSSR count). The van der Waals surface area contributed by atoms with E-state index in [-0.39, 0.29) is 35.4 Å². The molecule has 3 N–H and O–H groups in total. The third-order valence-corrected chi connectivity index (χ3v) is 6.07. The highest BCUT2D eigenvalue weighted by Crippen LogP contribution is 2.25. The summed E-state index contributed by atoms with van der Waals surface area (Å²) < 4.78 is 30.4. The van der Waals surface area contributed by atoms with Gasteiger partial charge in [-0.05, 0) is 19.1 Å². The van der Waals surface area contributed by atoms with Crippen molar-refractivity contribution in [1.82, 2.24) is 24.5 Å². The lowest BCUT2D eigenvalue weighted by Crippen LogP contribution is -2.41. The number of nitrogens with one attached hydrogen (secondary N) is 3. The molecule has 0 unspecified atom stereocenters. The standard InChI is InChI=1S/C16H24Cl2N6O2S.HI/c1-4-19-16(21-10-12-9-14(17)15(18)24(12)3)20-6-7-22-27(25,26)13-5-8-23(2)11-13;/h5,8-9,11,22H,4,6-7,10H2,1-3H3,(H2,19,20,21);1H. The normalized spacial score (nSPS) is 12.0. The summed E-state index contributed by atoms with van der Waals surface area (Å²) in [7, 11) is 0.0716. The van der Waals surface area contributed by atoms with Gasteiger partial charge in [-0.3, -0.25) is 0 Å². The van der Waals surface area contributed by atoms with Crippen molar-refractivity contribution in [1.29, 1.82) is 0 Å². The molecule has 12 heteroatoms. The molecule has 0 fully saturated rings. The van der Waals surface area contributed by atoms with Gasteiger partial charge in [0.25, 0.3) is 0 Å². The van der Waals surface area contributed by atoms with E-state index in [0.29, 0.717) is 35.8 Å². The van der Waals surface area contributed by atoms with E-state index < -0.39 is 10.0 Å². The number of halogens is 3.